The average molecular weight is 325 g/mol. The molecule has 0 radical (unpaired) electrons. The number of carbonyl (C=O) groups excluding carboxylic acids is 1. The van der Waals surface area contributed by atoms with Gasteiger partial charge in [-0.2, -0.15) is 0 Å². The van der Waals surface area contributed by atoms with E-state index in [0.717, 1.165) is 47.2 Å². The molecule has 0 aliphatic carbocycles. The molecule has 1 aromatic carbocycles. The van der Waals surface area contributed by atoms with Crippen LogP contribution in [0.4, 0.5) is 5.69 Å². The second kappa shape index (κ2) is 5.63. The Hall–Kier alpha value is -0.870. The molecule has 1 saturated heterocycles. The van der Waals surface area contributed by atoms with Crippen LogP contribution in [0.3, 0.4) is 0 Å². The number of benzene rings is 1. The van der Waals surface area contributed by atoms with Crippen LogP contribution in [0.15, 0.2) is 16.6 Å². The van der Waals surface area contributed by atoms with E-state index < -0.39 is 0 Å². The average Bonchev–Trinajstić information content (AvgIpc) is 2.83. The smallest absolute Gasteiger partial charge is 0.231 e. The summed E-state index contributed by atoms with van der Waals surface area (Å²) in [5.74, 6) is 0.147. The van der Waals surface area contributed by atoms with Crippen molar-refractivity contribution in [2.45, 2.75) is 33.6 Å². The molecule has 1 aromatic rings. The first-order chi connectivity index (χ1) is 8.98. The molecule has 1 heterocycles. The maximum Gasteiger partial charge on any atom is 0.231 e. The number of rotatable bonds is 3. The van der Waals surface area contributed by atoms with Gasteiger partial charge in [0, 0.05) is 16.7 Å². The lowest BCUT2D eigenvalue weighted by molar-refractivity contribution is -0.124. The van der Waals surface area contributed by atoms with E-state index in [1.165, 1.54) is 0 Å². The summed E-state index contributed by atoms with van der Waals surface area (Å²) in [6, 6.07) is 4.07. The molecule has 1 atom stereocenters. The van der Waals surface area contributed by atoms with Gasteiger partial charge in [0.1, 0.15) is 0 Å². The Morgan fingerprint density at radius 3 is 2.53 bits per heavy atom. The zero-order chi connectivity index (χ0) is 14.0. The van der Waals surface area contributed by atoms with E-state index >= 15 is 0 Å². The molecule has 0 spiro atoms. The summed E-state index contributed by atoms with van der Waals surface area (Å²) in [5, 5.41) is 6.44. The molecule has 4 heteroatoms. The second-order valence-corrected chi connectivity index (χ2v) is 6.35. The number of halogens is 1. The summed E-state index contributed by atoms with van der Waals surface area (Å²) >= 11 is 3.48. The van der Waals surface area contributed by atoms with Crippen LogP contribution >= 0.6 is 15.9 Å². The molecule has 2 N–H and O–H groups in total. The zero-order valence-electron chi connectivity index (χ0n) is 11.8. The van der Waals surface area contributed by atoms with Gasteiger partial charge in [0.05, 0.1) is 5.41 Å². The summed E-state index contributed by atoms with van der Waals surface area (Å²) < 4.78 is 1.05. The van der Waals surface area contributed by atoms with E-state index in [1.807, 2.05) is 26.0 Å². The third kappa shape index (κ3) is 2.84. The number of nitrogens with one attached hydrogen (secondary N) is 2. The summed E-state index contributed by atoms with van der Waals surface area (Å²) in [6.07, 6.45) is 1.80. The Bertz CT molecular complexity index is 470. The van der Waals surface area contributed by atoms with Gasteiger partial charge in [0.25, 0.3) is 0 Å². The fourth-order valence-corrected chi connectivity index (χ4v) is 3.44. The monoisotopic (exact) mass is 324 g/mol. The van der Waals surface area contributed by atoms with Crippen LogP contribution in [0.1, 0.15) is 30.9 Å². The topological polar surface area (TPSA) is 41.1 Å². The zero-order valence-corrected chi connectivity index (χ0v) is 13.4. The molecule has 104 valence electrons. The van der Waals surface area contributed by atoms with E-state index in [4.69, 9.17) is 0 Å². The lowest BCUT2D eigenvalue weighted by Crippen LogP contribution is -2.37. The Morgan fingerprint density at radius 1 is 1.42 bits per heavy atom. The summed E-state index contributed by atoms with van der Waals surface area (Å²) in [4.78, 5) is 12.6. The molecule has 2 rings (SSSR count). The molecule has 0 saturated carbocycles. The van der Waals surface area contributed by atoms with Crippen molar-refractivity contribution in [3.8, 4) is 0 Å². The third-order valence-electron chi connectivity index (χ3n) is 4.14. The van der Waals surface area contributed by atoms with Crippen molar-refractivity contribution >= 4 is 27.5 Å². The van der Waals surface area contributed by atoms with Gasteiger partial charge >= 0.3 is 0 Å². The van der Waals surface area contributed by atoms with E-state index in [9.17, 15) is 4.79 Å². The first-order valence-electron chi connectivity index (χ1n) is 6.77. The summed E-state index contributed by atoms with van der Waals surface area (Å²) in [5.41, 5.74) is 2.90. The Balaban J connectivity index is 2.24. The van der Waals surface area contributed by atoms with Gasteiger partial charge in [0.15, 0.2) is 0 Å². The Labute approximate surface area is 123 Å². The predicted molar refractivity (Wildman–Crippen MR) is 82.5 cm³/mol. The minimum atomic E-state index is -0.244. The van der Waals surface area contributed by atoms with E-state index in [-0.39, 0.29) is 11.3 Å². The quantitative estimate of drug-likeness (QED) is 0.894. The number of carbonyl (C=O) groups is 1. The van der Waals surface area contributed by atoms with Gasteiger partial charge in [0.2, 0.25) is 5.91 Å². The van der Waals surface area contributed by atoms with Crippen molar-refractivity contribution < 1.29 is 4.79 Å². The number of anilines is 1. The highest BCUT2D eigenvalue weighted by Gasteiger charge is 2.39. The van der Waals surface area contributed by atoms with E-state index in [0.29, 0.717) is 0 Å². The van der Waals surface area contributed by atoms with Gasteiger partial charge in [-0.05, 0) is 56.5 Å². The van der Waals surface area contributed by atoms with Crippen molar-refractivity contribution in [1.82, 2.24) is 5.32 Å². The van der Waals surface area contributed by atoms with Gasteiger partial charge in [-0.15, -0.1) is 0 Å². The van der Waals surface area contributed by atoms with Crippen molar-refractivity contribution in [1.29, 1.82) is 0 Å². The fraction of sp³-hybridized carbons (Fsp3) is 0.533. The van der Waals surface area contributed by atoms with Crippen molar-refractivity contribution in [3.63, 3.8) is 0 Å². The highest BCUT2D eigenvalue weighted by molar-refractivity contribution is 9.10. The number of aryl methyl sites for hydroxylation is 2. The maximum absolute atomic E-state index is 12.6. The first kappa shape index (κ1) is 14.5. The van der Waals surface area contributed by atoms with Gasteiger partial charge < -0.3 is 10.6 Å². The molecule has 1 fully saturated rings. The highest BCUT2D eigenvalue weighted by Crippen LogP contribution is 2.33. The number of hydrogen-bond acceptors (Lipinski definition) is 2. The van der Waals surface area contributed by atoms with Crippen LogP contribution in [0.5, 0.6) is 0 Å². The lowest BCUT2D eigenvalue weighted by Gasteiger charge is -2.26. The Morgan fingerprint density at radius 2 is 2.05 bits per heavy atom. The number of hydrogen-bond donors (Lipinski definition) is 2. The van der Waals surface area contributed by atoms with Gasteiger partial charge in [-0.3, -0.25) is 4.79 Å². The van der Waals surface area contributed by atoms with E-state index in [1.54, 1.807) is 0 Å². The SMILES string of the molecule is CCC1(C(=O)Nc2c(C)cc(Br)cc2C)CCNC1. The molecule has 0 aromatic heterocycles. The first-order valence-corrected chi connectivity index (χ1v) is 7.57. The number of amides is 1. The molecule has 1 unspecified atom stereocenters. The lowest BCUT2D eigenvalue weighted by atomic mass is 9.83. The molecule has 0 bridgehead atoms. The van der Waals surface area contributed by atoms with Crippen LogP contribution in [0.25, 0.3) is 0 Å². The standard InChI is InChI=1S/C15H21BrN2O/c1-4-15(5-6-17-9-15)14(19)18-13-10(2)7-12(16)8-11(13)3/h7-8,17H,4-6,9H2,1-3H3,(H,18,19). The van der Waals surface area contributed by atoms with Gasteiger partial charge in [-0.25, -0.2) is 0 Å². The van der Waals surface area contributed by atoms with Crippen molar-refractivity contribution in [3.05, 3.63) is 27.7 Å². The largest absolute Gasteiger partial charge is 0.325 e. The minimum Gasteiger partial charge on any atom is -0.325 e. The van der Waals surface area contributed by atoms with Crippen LogP contribution < -0.4 is 10.6 Å². The molecule has 1 amide bonds. The predicted octanol–water partition coefficient (Wildman–Crippen LogP) is 3.39. The Kier molecular flexibility index (Phi) is 4.31. The van der Waals surface area contributed by atoms with Crippen molar-refractivity contribution in [2.75, 3.05) is 18.4 Å². The molecular weight excluding hydrogens is 304 g/mol. The maximum atomic E-state index is 12.6. The van der Waals surface area contributed by atoms with Crippen molar-refractivity contribution in [2.24, 2.45) is 5.41 Å². The molecule has 3 nitrogen and oxygen atoms in total. The normalized spacial score (nSPS) is 22.5. The van der Waals surface area contributed by atoms with Crippen LogP contribution in [-0.4, -0.2) is 19.0 Å². The summed E-state index contributed by atoms with van der Waals surface area (Å²) in [6.45, 7) is 7.86. The second-order valence-electron chi connectivity index (χ2n) is 5.43. The summed E-state index contributed by atoms with van der Waals surface area (Å²) in [7, 11) is 0. The van der Waals surface area contributed by atoms with Gasteiger partial charge in [-0.1, -0.05) is 22.9 Å². The molecule has 1 aliphatic rings. The highest BCUT2D eigenvalue weighted by atomic mass is 79.9. The third-order valence-corrected chi connectivity index (χ3v) is 4.60. The van der Waals surface area contributed by atoms with E-state index in [2.05, 4.69) is 33.5 Å². The molecular formula is C15H21BrN2O. The fourth-order valence-electron chi connectivity index (χ4n) is 2.75. The molecule has 19 heavy (non-hydrogen) atoms. The minimum absolute atomic E-state index is 0.147. The molecule has 1 aliphatic heterocycles. The van der Waals surface area contributed by atoms with Crippen LogP contribution in [0.2, 0.25) is 0 Å². The van der Waals surface area contributed by atoms with Crippen LogP contribution in [0, 0.1) is 19.3 Å². The van der Waals surface area contributed by atoms with Crippen LogP contribution in [-0.2, 0) is 4.79 Å².